The van der Waals surface area contributed by atoms with Gasteiger partial charge in [-0.15, -0.1) is 0 Å². The highest BCUT2D eigenvalue weighted by molar-refractivity contribution is 5.72. The lowest BCUT2D eigenvalue weighted by molar-refractivity contribution is -0.119. The fourth-order valence-electron chi connectivity index (χ4n) is 2.60. The molecule has 1 fully saturated rings. The molecule has 1 saturated heterocycles. The SMILES string of the molecule is CC(=O)NCc1cc(OC2CCN(Cc3cn[nH]n3)C2)ccn1. The predicted octanol–water partition coefficient (Wildman–Crippen LogP) is 0.489. The van der Waals surface area contributed by atoms with Crippen LogP contribution >= 0.6 is 0 Å². The molecule has 1 aliphatic heterocycles. The Morgan fingerprint density at radius 3 is 3.22 bits per heavy atom. The average Bonchev–Trinajstić information content (AvgIpc) is 3.18. The van der Waals surface area contributed by atoms with Crippen molar-refractivity contribution in [1.29, 1.82) is 0 Å². The Labute approximate surface area is 134 Å². The molecule has 3 heterocycles. The summed E-state index contributed by atoms with van der Waals surface area (Å²) >= 11 is 0. The molecular weight excluding hydrogens is 296 g/mol. The Bertz CT molecular complexity index is 645. The maximum absolute atomic E-state index is 11.0. The van der Waals surface area contributed by atoms with Gasteiger partial charge in [0.25, 0.3) is 0 Å². The molecule has 1 atom stereocenters. The van der Waals surface area contributed by atoms with E-state index < -0.39 is 0 Å². The third kappa shape index (κ3) is 4.49. The first-order chi connectivity index (χ1) is 11.2. The van der Waals surface area contributed by atoms with E-state index >= 15 is 0 Å². The van der Waals surface area contributed by atoms with Crippen LogP contribution in [-0.2, 0) is 17.9 Å². The van der Waals surface area contributed by atoms with E-state index in [1.54, 1.807) is 12.4 Å². The van der Waals surface area contributed by atoms with Crippen molar-refractivity contribution < 1.29 is 9.53 Å². The number of aromatic nitrogens is 4. The topological polar surface area (TPSA) is 96.0 Å². The van der Waals surface area contributed by atoms with Gasteiger partial charge >= 0.3 is 0 Å². The monoisotopic (exact) mass is 316 g/mol. The Balaban J connectivity index is 1.51. The highest BCUT2D eigenvalue weighted by Crippen LogP contribution is 2.19. The number of carbonyl (C=O) groups excluding carboxylic acids is 1. The minimum absolute atomic E-state index is 0.0718. The van der Waals surface area contributed by atoms with Crippen LogP contribution in [0.1, 0.15) is 24.7 Å². The first kappa shape index (κ1) is 15.4. The number of amides is 1. The van der Waals surface area contributed by atoms with Crippen LogP contribution < -0.4 is 10.1 Å². The fraction of sp³-hybridized carbons (Fsp3) is 0.467. The molecule has 8 nitrogen and oxygen atoms in total. The number of H-pyrrole nitrogens is 1. The molecule has 0 bridgehead atoms. The molecule has 0 aliphatic carbocycles. The number of nitrogens with zero attached hydrogens (tertiary/aromatic N) is 4. The molecule has 23 heavy (non-hydrogen) atoms. The Kier molecular flexibility index (Phi) is 4.82. The van der Waals surface area contributed by atoms with Crippen molar-refractivity contribution in [2.75, 3.05) is 13.1 Å². The number of carbonyl (C=O) groups is 1. The Morgan fingerprint density at radius 2 is 2.43 bits per heavy atom. The van der Waals surface area contributed by atoms with Crippen LogP contribution in [0.4, 0.5) is 0 Å². The molecule has 122 valence electrons. The standard InChI is InChI=1S/C15H20N6O2/c1-11(22)17-7-12-6-14(2-4-16-12)23-15-3-5-21(10-15)9-13-8-18-20-19-13/h2,4,6,8,15H,3,5,7,9-10H2,1H3,(H,17,22)(H,18,19,20). The number of pyridine rings is 1. The van der Waals surface area contributed by atoms with Crippen molar-refractivity contribution in [3.05, 3.63) is 35.9 Å². The molecule has 2 aromatic rings. The van der Waals surface area contributed by atoms with Crippen LogP contribution in [0.3, 0.4) is 0 Å². The number of ether oxygens (including phenoxy) is 1. The zero-order chi connectivity index (χ0) is 16.1. The van der Waals surface area contributed by atoms with Crippen LogP contribution in [0.5, 0.6) is 5.75 Å². The second-order valence-corrected chi connectivity index (χ2v) is 5.62. The molecule has 0 saturated carbocycles. The summed E-state index contributed by atoms with van der Waals surface area (Å²) in [5.41, 5.74) is 1.72. The van der Waals surface area contributed by atoms with Gasteiger partial charge in [0.2, 0.25) is 5.91 Å². The van der Waals surface area contributed by atoms with E-state index in [0.717, 1.165) is 43.2 Å². The van der Waals surface area contributed by atoms with Gasteiger partial charge in [-0.25, -0.2) is 0 Å². The minimum atomic E-state index is -0.0718. The van der Waals surface area contributed by atoms with Crippen molar-refractivity contribution in [3.8, 4) is 5.75 Å². The fourth-order valence-corrected chi connectivity index (χ4v) is 2.60. The van der Waals surface area contributed by atoms with Gasteiger partial charge in [0.15, 0.2) is 0 Å². The third-order valence-corrected chi connectivity index (χ3v) is 3.69. The van der Waals surface area contributed by atoms with Crippen LogP contribution in [-0.4, -0.2) is 50.4 Å². The summed E-state index contributed by atoms with van der Waals surface area (Å²) in [6.45, 7) is 4.51. The van der Waals surface area contributed by atoms with Crippen molar-refractivity contribution >= 4 is 5.91 Å². The van der Waals surface area contributed by atoms with Gasteiger partial charge in [-0.1, -0.05) is 0 Å². The minimum Gasteiger partial charge on any atom is -0.489 e. The highest BCUT2D eigenvalue weighted by Gasteiger charge is 2.24. The van der Waals surface area contributed by atoms with E-state index in [-0.39, 0.29) is 12.0 Å². The highest BCUT2D eigenvalue weighted by atomic mass is 16.5. The molecule has 2 N–H and O–H groups in total. The van der Waals surface area contributed by atoms with Gasteiger partial charge in [0.1, 0.15) is 11.9 Å². The molecule has 8 heteroatoms. The van der Waals surface area contributed by atoms with Crippen molar-refractivity contribution in [3.63, 3.8) is 0 Å². The smallest absolute Gasteiger partial charge is 0.217 e. The van der Waals surface area contributed by atoms with Crippen LogP contribution in [0.25, 0.3) is 0 Å². The second-order valence-electron chi connectivity index (χ2n) is 5.62. The zero-order valence-corrected chi connectivity index (χ0v) is 13.0. The lowest BCUT2D eigenvalue weighted by Gasteiger charge is -2.16. The molecule has 0 radical (unpaired) electrons. The lowest BCUT2D eigenvalue weighted by Crippen LogP contribution is -2.25. The third-order valence-electron chi connectivity index (χ3n) is 3.69. The lowest BCUT2D eigenvalue weighted by atomic mass is 10.3. The summed E-state index contributed by atoms with van der Waals surface area (Å²) in [5, 5.41) is 13.3. The number of likely N-dealkylation sites (tertiary alicyclic amines) is 1. The van der Waals surface area contributed by atoms with Crippen LogP contribution in [0.15, 0.2) is 24.5 Å². The van der Waals surface area contributed by atoms with E-state index in [1.807, 2.05) is 12.1 Å². The van der Waals surface area contributed by atoms with E-state index in [1.165, 1.54) is 6.92 Å². The molecule has 0 aromatic carbocycles. The number of hydrogen-bond donors (Lipinski definition) is 2. The largest absolute Gasteiger partial charge is 0.489 e. The number of hydrogen-bond acceptors (Lipinski definition) is 6. The van der Waals surface area contributed by atoms with Gasteiger partial charge in [0, 0.05) is 38.8 Å². The summed E-state index contributed by atoms with van der Waals surface area (Å²) in [6, 6.07) is 3.72. The maximum atomic E-state index is 11.0. The first-order valence-corrected chi connectivity index (χ1v) is 7.62. The van der Waals surface area contributed by atoms with E-state index in [0.29, 0.717) is 6.54 Å². The zero-order valence-electron chi connectivity index (χ0n) is 13.0. The average molecular weight is 316 g/mol. The number of nitrogens with one attached hydrogen (secondary N) is 2. The van der Waals surface area contributed by atoms with Gasteiger partial charge in [0.05, 0.1) is 24.1 Å². The Hall–Kier alpha value is -2.48. The van der Waals surface area contributed by atoms with Gasteiger partial charge in [-0.2, -0.15) is 15.4 Å². The number of aromatic amines is 1. The molecule has 3 rings (SSSR count). The summed E-state index contributed by atoms with van der Waals surface area (Å²) in [7, 11) is 0. The first-order valence-electron chi connectivity index (χ1n) is 7.62. The maximum Gasteiger partial charge on any atom is 0.217 e. The quantitative estimate of drug-likeness (QED) is 0.805. The Morgan fingerprint density at radius 1 is 1.52 bits per heavy atom. The molecule has 1 aliphatic rings. The van der Waals surface area contributed by atoms with Gasteiger partial charge in [-0.05, 0) is 12.5 Å². The predicted molar refractivity (Wildman–Crippen MR) is 82.5 cm³/mol. The van der Waals surface area contributed by atoms with Crippen LogP contribution in [0.2, 0.25) is 0 Å². The molecule has 1 amide bonds. The number of rotatable bonds is 6. The molecular formula is C15H20N6O2. The summed E-state index contributed by atoms with van der Waals surface area (Å²) in [4.78, 5) is 17.5. The van der Waals surface area contributed by atoms with Crippen molar-refractivity contribution in [2.45, 2.75) is 32.5 Å². The van der Waals surface area contributed by atoms with E-state index in [9.17, 15) is 4.79 Å². The normalized spacial score (nSPS) is 18.0. The van der Waals surface area contributed by atoms with Crippen molar-refractivity contribution in [2.24, 2.45) is 0 Å². The summed E-state index contributed by atoms with van der Waals surface area (Å²) in [6.07, 6.45) is 4.57. The molecule has 0 spiro atoms. The summed E-state index contributed by atoms with van der Waals surface area (Å²) in [5.74, 6) is 0.714. The molecule has 1 unspecified atom stereocenters. The molecule has 2 aromatic heterocycles. The van der Waals surface area contributed by atoms with Gasteiger partial charge in [-0.3, -0.25) is 14.7 Å². The van der Waals surface area contributed by atoms with E-state index in [2.05, 4.69) is 30.6 Å². The van der Waals surface area contributed by atoms with E-state index in [4.69, 9.17) is 4.74 Å². The van der Waals surface area contributed by atoms with Gasteiger partial charge < -0.3 is 10.1 Å². The van der Waals surface area contributed by atoms with Crippen LogP contribution in [0, 0.1) is 0 Å². The second kappa shape index (κ2) is 7.19. The summed E-state index contributed by atoms with van der Waals surface area (Å²) < 4.78 is 6.03. The van der Waals surface area contributed by atoms with Crippen molar-refractivity contribution in [1.82, 2.24) is 30.6 Å².